The van der Waals surface area contributed by atoms with E-state index in [4.69, 9.17) is 6.42 Å². The summed E-state index contributed by atoms with van der Waals surface area (Å²) in [6.45, 7) is 4.31. The number of rotatable bonds is 3. The van der Waals surface area contributed by atoms with E-state index in [0.29, 0.717) is 5.92 Å². The molecule has 0 saturated carbocycles. The summed E-state index contributed by atoms with van der Waals surface area (Å²) in [4.78, 5) is 0. The average Bonchev–Trinajstić information content (AvgIpc) is 1.83. The summed E-state index contributed by atoms with van der Waals surface area (Å²) >= 11 is 0. The van der Waals surface area contributed by atoms with Crippen molar-refractivity contribution in [2.75, 3.05) is 0 Å². The summed E-state index contributed by atoms with van der Waals surface area (Å²) in [6.07, 6.45) is 9.34. The van der Waals surface area contributed by atoms with E-state index in [0.717, 1.165) is 0 Å². The molecule has 0 nitrogen and oxygen atoms in total. The molecule has 0 heterocycles. The lowest BCUT2D eigenvalue weighted by Gasteiger charge is -2.04. The zero-order valence-corrected chi connectivity index (χ0v) is 5.65. The van der Waals surface area contributed by atoms with Crippen molar-refractivity contribution in [2.45, 2.75) is 26.7 Å². The van der Waals surface area contributed by atoms with Gasteiger partial charge in [-0.25, -0.2) is 0 Å². The largest absolute Gasteiger partial charge is 0.120 e. The van der Waals surface area contributed by atoms with Gasteiger partial charge in [0.1, 0.15) is 0 Å². The maximum atomic E-state index is 5.08. The Morgan fingerprint density at radius 2 is 2.00 bits per heavy atom. The predicted octanol–water partition coefficient (Wildman–Crippen LogP) is 2.26. The first-order valence-corrected chi connectivity index (χ1v) is 3.14. The summed E-state index contributed by atoms with van der Waals surface area (Å²) in [7, 11) is 0. The third-order valence-corrected chi connectivity index (χ3v) is 1.38. The molecule has 0 aromatic rings. The zero-order valence-electron chi connectivity index (χ0n) is 5.65. The van der Waals surface area contributed by atoms with E-state index in [1.54, 1.807) is 0 Å². The normalized spacial score (nSPS) is 9.25. The predicted molar refractivity (Wildman–Crippen MR) is 37.2 cm³/mol. The molecular weight excluding hydrogens is 96.1 g/mol. The molecule has 1 radical (unpaired) electrons. The molecule has 0 aromatic carbocycles. The van der Waals surface area contributed by atoms with Crippen LogP contribution in [0.2, 0.25) is 0 Å². The van der Waals surface area contributed by atoms with Crippen LogP contribution in [0.1, 0.15) is 26.7 Å². The lowest BCUT2D eigenvalue weighted by molar-refractivity contribution is 0.582. The van der Waals surface area contributed by atoms with Gasteiger partial charge in [-0.15, -0.1) is 12.3 Å². The minimum absolute atomic E-state index is 0.639. The molecule has 8 heavy (non-hydrogen) atoms. The van der Waals surface area contributed by atoms with E-state index in [2.05, 4.69) is 19.8 Å². The Morgan fingerprint density at radius 3 is 2.12 bits per heavy atom. The number of terminal acetylenes is 1. The Balaban J connectivity index is 3.25. The Morgan fingerprint density at radius 1 is 1.50 bits per heavy atom. The molecule has 0 rings (SSSR count). The van der Waals surface area contributed by atoms with E-state index in [1.165, 1.54) is 12.8 Å². The van der Waals surface area contributed by atoms with Crippen molar-refractivity contribution in [1.29, 1.82) is 0 Å². The van der Waals surface area contributed by atoms with Crippen LogP contribution >= 0.6 is 0 Å². The SMILES string of the molecule is C#C[CH]C(CC)CC. The second kappa shape index (κ2) is 4.71. The van der Waals surface area contributed by atoms with Gasteiger partial charge in [-0.05, 0) is 5.92 Å². The Kier molecular flexibility index (Phi) is 4.45. The van der Waals surface area contributed by atoms with E-state index in [1.807, 2.05) is 6.42 Å². The maximum Gasteiger partial charge on any atom is 0.0368 e. The molecule has 0 heteroatoms. The van der Waals surface area contributed by atoms with E-state index in [9.17, 15) is 0 Å². The van der Waals surface area contributed by atoms with Gasteiger partial charge < -0.3 is 0 Å². The van der Waals surface area contributed by atoms with Crippen LogP contribution in [0, 0.1) is 24.7 Å². The molecular formula is C8H13. The van der Waals surface area contributed by atoms with Crippen molar-refractivity contribution in [2.24, 2.45) is 5.92 Å². The van der Waals surface area contributed by atoms with E-state index in [-0.39, 0.29) is 0 Å². The quantitative estimate of drug-likeness (QED) is 0.488. The molecule has 0 aliphatic heterocycles. The van der Waals surface area contributed by atoms with Crippen molar-refractivity contribution in [3.63, 3.8) is 0 Å². The summed E-state index contributed by atoms with van der Waals surface area (Å²) < 4.78 is 0. The Hall–Kier alpha value is -0.440. The van der Waals surface area contributed by atoms with Crippen LogP contribution in [0.3, 0.4) is 0 Å². The third-order valence-electron chi connectivity index (χ3n) is 1.38. The van der Waals surface area contributed by atoms with Crippen molar-refractivity contribution in [1.82, 2.24) is 0 Å². The van der Waals surface area contributed by atoms with Crippen LogP contribution in [0.25, 0.3) is 0 Å². The van der Waals surface area contributed by atoms with Gasteiger partial charge >= 0.3 is 0 Å². The fourth-order valence-electron chi connectivity index (χ4n) is 0.660. The highest BCUT2D eigenvalue weighted by Gasteiger charge is 1.98. The molecule has 0 aliphatic rings. The standard InChI is InChI=1S/C8H13/c1-4-7-8(5-2)6-3/h1,7-8H,5-6H2,2-3H3. The molecule has 0 amide bonds. The van der Waals surface area contributed by atoms with Crippen LogP contribution in [0.15, 0.2) is 0 Å². The lowest BCUT2D eigenvalue weighted by Crippen LogP contribution is -1.94. The molecule has 0 atom stereocenters. The van der Waals surface area contributed by atoms with E-state index < -0.39 is 0 Å². The van der Waals surface area contributed by atoms with Gasteiger partial charge in [0.2, 0.25) is 0 Å². The topological polar surface area (TPSA) is 0 Å². The molecule has 0 fully saturated rings. The minimum Gasteiger partial charge on any atom is -0.120 e. The Bertz CT molecular complexity index is 72.5. The smallest absolute Gasteiger partial charge is 0.0368 e. The highest BCUT2D eigenvalue weighted by Crippen LogP contribution is 2.09. The molecule has 45 valence electrons. The third kappa shape index (κ3) is 2.69. The molecule has 0 bridgehead atoms. The van der Waals surface area contributed by atoms with Gasteiger partial charge in [-0.2, -0.15) is 0 Å². The van der Waals surface area contributed by atoms with Gasteiger partial charge in [0.15, 0.2) is 0 Å². The van der Waals surface area contributed by atoms with Crippen molar-refractivity contribution < 1.29 is 0 Å². The van der Waals surface area contributed by atoms with Gasteiger partial charge in [0.25, 0.3) is 0 Å². The molecule has 0 unspecified atom stereocenters. The molecule has 0 N–H and O–H groups in total. The van der Waals surface area contributed by atoms with Gasteiger partial charge in [0.05, 0.1) is 0 Å². The first-order chi connectivity index (χ1) is 3.85. The van der Waals surface area contributed by atoms with Crippen LogP contribution in [0.4, 0.5) is 0 Å². The van der Waals surface area contributed by atoms with Crippen LogP contribution in [-0.2, 0) is 0 Å². The minimum atomic E-state index is 0.639. The van der Waals surface area contributed by atoms with Gasteiger partial charge in [-0.1, -0.05) is 26.7 Å². The monoisotopic (exact) mass is 109 g/mol. The first kappa shape index (κ1) is 7.56. The second-order valence-electron chi connectivity index (χ2n) is 1.91. The van der Waals surface area contributed by atoms with Crippen molar-refractivity contribution in [3.8, 4) is 12.3 Å². The summed E-state index contributed by atoms with van der Waals surface area (Å²) in [5.41, 5.74) is 0. The highest BCUT2D eigenvalue weighted by atomic mass is 14.0. The fraction of sp³-hybridized carbons (Fsp3) is 0.625. The number of hydrogen-bond donors (Lipinski definition) is 0. The first-order valence-electron chi connectivity index (χ1n) is 3.14. The van der Waals surface area contributed by atoms with Crippen molar-refractivity contribution in [3.05, 3.63) is 6.42 Å². The number of hydrogen-bond acceptors (Lipinski definition) is 0. The summed E-state index contributed by atoms with van der Waals surface area (Å²) in [5, 5.41) is 0. The fourth-order valence-corrected chi connectivity index (χ4v) is 0.660. The van der Waals surface area contributed by atoms with Gasteiger partial charge in [-0.3, -0.25) is 0 Å². The Labute approximate surface area is 52.3 Å². The molecule has 0 aliphatic carbocycles. The van der Waals surface area contributed by atoms with Crippen LogP contribution in [-0.4, -0.2) is 0 Å². The summed E-state index contributed by atoms with van der Waals surface area (Å²) in [5.74, 6) is 3.18. The lowest BCUT2D eigenvalue weighted by atomic mass is 10.0. The second-order valence-corrected chi connectivity index (χ2v) is 1.91. The van der Waals surface area contributed by atoms with E-state index >= 15 is 0 Å². The highest BCUT2D eigenvalue weighted by molar-refractivity contribution is 5.03. The zero-order chi connectivity index (χ0) is 6.41. The average molecular weight is 109 g/mol. The molecule has 0 spiro atoms. The maximum absolute atomic E-state index is 5.08. The molecule has 0 aromatic heterocycles. The van der Waals surface area contributed by atoms with Gasteiger partial charge in [0, 0.05) is 6.42 Å². The van der Waals surface area contributed by atoms with Crippen LogP contribution < -0.4 is 0 Å². The van der Waals surface area contributed by atoms with Crippen LogP contribution in [0.5, 0.6) is 0 Å². The summed E-state index contributed by atoms with van der Waals surface area (Å²) in [6, 6.07) is 0. The molecule has 0 saturated heterocycles. The van der Waals surface area contributed by atoms with Crippen molar-refractivity contribution >= 4 is 0 Å².